The zero-order valence-corrected chi connectivity index (χ0v) is 16.6. The van der Waals surface area contributed by atoms with Crippen molar-refractivity contribution >= 4 is 16.9 Å². The predicted octanol–water partition coefficient (Wildman–Crippen LogP) is 4.90. The highest BCUT2D eigenvalue weighted by molar-refractivity contribution is 5.80. The number of rotatable bonds is 4. The van der Waals surface area contributed by atoms with Crippen LogP contribution in [0.15, 0.2) is 67.0 Å². The van der Waals surface area contributed by atoms with Crippen LogP contribution in [0.1, 0.15) is 31.0 Å². The van der Waals surface area contributed by atoms with Gasteiger partial charge in [-0.05, 0) is 60.0 Å². The van der Waals surface area contributed by atoms with E-state index in [0.29, 0.717) is 11.1 Å². The Labute approximate surface area is 173 Å². The van der Waals surface area contributed by atoms with E-state index in [1.54, 1.807) is 12.4 Å². The maximum absolute atomic E-state index is 13.5. The number of carbonyl (C=O) groups is 1. The van der Waals surface area contributed by atoms with Gasteiger partial charge in [0.25, 0.3) is 0 Å². The van der Waals surface area contributed by atoms with E-state index in [-0.39, 0.29) is 11.9 Å². The molecular formula is C24H19FN4O. The molecule has 0 saturated carbocycles. The molecule has 1 heterocycles. The molecule has 6 heteroatoms. The molecule has 0 saturated heterocycles. The Hall–Kier alpha value is -3.98. The molecule has 1 N–H and O–H groups in total. The molecule has 0 fully saturated rings. The molecule has 4 aromatic rings. The zero-order valence-electron chi connectivity index (χ0n) is 16.6. The van der Waals surface area contributed by atoms with Crippen molar-refractivity contribution in [3.8, 4) is 22.9 Å². The lowest BCUT2D eigenvalue weighted by Gasteiger charge is -2.13. The second-order valence-electron chi connectivity index (χ2n) is 7.14. The van der Waals surface area contributed by atoms with Gasteiger partial charge in [0.05, 0.1) is 28.7 Å². The van der Waals surface area contributed by atoms with Crippen LogP contribution in [-0.2, 0) is 4.79 Å². The summed E-state index contributed by atoms with van der Waals surface area (Å²) in [5.41, 5.74) is 5.38. The molecule has 0 aliphatic rings. The molecule has 30 heavy (non-hydrogen) atoms. The van der Waals surface area contributed by atoms with E-state index < -0.39 is 5.82 Å². The van der Waals surface area contributed by atoms with Crippen molar-refractivity contribution < 1.29 is 9.18 Å². The lowest BCUT2D eigenvalue weighted by molar-refractivity contribution is -0.119. The normalized spacial score (nSPS) is 11.8. The van der Waals surface area contributed by atoms with Gasteiger partial charge in [0.2, 0.25) is 5.91 Å². The van der Waals surface area contributed by atoms with Gasteiger partial charge in [-0.3, -0.25) is 9.36 Å². The molecule has 0 spiro atoms. The summed E-state index contributed by atoms with van der Waals surface area (Å²) in [5, 5.41) is 12.2. The molecule has 0 aliphatic carbocycles. The summed E-state index contributed by atoms with van der Waals surface area (Å²) < 4.78 is 15.5. The molecular weight excluding hydrogens is 379 g/mol. The topological polar surface area (TPSA) is 70.7 Å². The third kappa shape index (κ3) is 3.65. The number of hydrogen-bond acceptors (Lipinski definition) is 3. The van der Waals surface area contributed by atoms with Crippen LogP contribution in [0.2, 0.25) is 0 Å². The van der Waals surface area contributed by atoms with Gasteiger partial charge in [0.15, 0.2) is 0 Å². The number of halogens is 1. The lowest BCUT2D eigenvalue weighted by Crippen LogP contribution is -2.23. The molecule has 0 bridgehead atoms. The summed E-state index contributed by atoms with van der Waals surface area (Å²) in [7, 11) is 0. The third-order valence-electron chi connectivity index (χ3n) is 5.03. The van der Waals surface area contributed by atoms with Gasteiger partial charge >= 0.3 is 0 Å². The van der Waals surface area contributed by atoms with Gasteiger partial charge in [-0.25, -0.2) is 9.37 Å². The quantitative estimate of drug-likeness (QED) is 0.531. The van der Waals surface area contributed by atoms with Gasteiger partial charge in [-0.15, -0.1) is 0 Å². The Kier molecular flexibility index (Phi) is 5.03. The lowest BCUT2D eigenvalue weighted by atomic mass is 10.00. The number of benzene rings is 3. The van der Waals surface area contributed by atoms with Gasteiger partial charge < -0.3 is 5.32 Å². The van der Waals surface area contributed by atoms with Crippen molar-refractivity contribution in [2.24, 2.45) is 0 Å². The number of nitriles is 1. The largest absolute Gasteiger partial charge is 0.350 e. The van der Waals surface area contributed by atoms with Crippen molar-refractivity contribution in [1.29, 1.82) is 5.26 Å². The Morgan fingerprint density at radius 1 is 1.17 bits per heavy atom. The molecule has 5 nitrogen and oxygen atoms in total. The first-order valence-corrected chi connectivity index (χ1v) is 9.51. The van der Waals surface area contributed by atoms with E-state index in [1.165, 1.54) is 19.1 Å². The van der Waals surface area contributed by atoms with Crippen LogP contribution >= 0.6 is 0 Å². The van der Waals surface area contributed by atoms with Crippen LogP contribution in [0, 0.1) is 17.1 Å². The zero-order chi connectivity index (χ0) is 21.3. The standard InChI is InChI=1S/C24H19FN4O/c1-15(28-16(2)30)17-6-9-24-23(12-17)27-14-29(24)21-5-3-4-18(11-21)22-8-7-20(25)10-19(22)13-26/h3-12,14-15H,1-2H3,(H,28,30). The maximum Gasteiger partial charge on any atom is 0.217 e. The van der Waals surface area contributed by atoms with Crippen molar-refractivity contribution in [3.05, 3.63) is 83.9 Å². The minimum absolute atomic E-state index is 0.0810. The van der Waals surface area contributed by atoms with Gasteiger partial charge in [0, 0.05) is 12.6 Å². The van der Waals surface area contributed by atoms with Crippen molar-refractivity contribution in [2.75, 3.05) is 0 Å². The molecule has 1 amide bonds. The number of hydrogen-bond donors (Lipinski definition) is 1. The van der Waals surface area contributed by atoms with Crippen molar-refractivity contribution in [1.82, 2.24) is 14.9 Å². The van der Waals surface area contributed by atoms with E-state index in [0.717, 1.165) is 27.8 Å². The van der Waals surface area contributed by atoms with Crippen LogP contribution in [0.3, 0.4) is 0 Å². The van der Waals surface area contributed by atoms with E-state index in [9.17, 15) is 14.4 Å². The number of aromatic nitrogens is 2. The third-order valence-corrected chi connectivity index (χ3v) is 5.03. The summed E-state index contributed by atoms with van der Waals surface area (Å²) in [6.45, 7) is 3.42. The molecule has 0 radical (unpaired) electrons. The Balaban J connectivity index is 1.74. The first-order chi connectivity index (χ1) is 14.5. The fourth-order valence-corrected chi connectivity index (χ4v) is 3.58. The molecule has 1 atom stereocenters. The van der Waals surface area contributed by atoms with Crippen LogP contribution < -0.4 is 5.32 Å². The van der Waals surface area contributed by atoms with Crippen LogP contribution in [0.4, 0.5) is 4.39 Å². The Bertz CT molecular complexity index is 1300. The van der Waals surface area contributed by atoms with Crippen molar-refractivity contribution in [3.63, 3.8) is 0 Å². The highest BCUT2D eigenvalue weighted by atomic mass is 19.1. The van der Waals surface area contributed by atoms with E-state index in [4.69, 9.17) is 0 Å². The monoisotopic (exact) mass is 398 g/mol. The van der Waals surface area contributed by atoms with Crippen LogP contribution in [-0.4, -0.2) is 15.5 Å². The average Bonchev–Trinajstić information content (AvgIpc) is 3.16. The van der Waals surface area contributed by atoms with E-state index in [1.807, 2.05) is 54.0 Å². The van der Waals surface area contributed by atoms with E-state index in [2.05, 4.69) is 16.4 Å². The number of amides is 1. The second kappa shape index (κ2) is 7.80. The molecule has 0 aliphatic heterocycles. The molecule has 4 rings (SSSR count). The minimum Gasteiger partial charge on any atom is -0.350 e. The van der Waals surface area contributed by atoms with Gasteiger partial charge in [0.1, 0.15) is 12.1 Å². The number of carbonyl (C=O) groups excluding carboxylic acids is 1. The number of nitrogens with zero attached hydrogens (tertiary/aromatic N) is 3. The Morgan fingerprint density at radius 3 is 2.77 bits per heavy atom. The molecule has 148 valence electrons. The highest BCUT2D eigenvalue weighted by Gasteiger charge is 2.12. The SMILES string of the molecule is CC(=O)NC(C)c1ccc2c(c1)ncn2-c1cccc(-c2ccc(F)cc2C#N)c1. The van der Waals surface area contributed by atoms with Crippen LogP contribution in [0.5, 0.6) is 0 Å². The summed E-state index contributed by atoms with van der Waals surface area (Å²) in [6.07, 6.45) is 1.74. The van der Waals surface area contributed by atoms with Crippen LogP contribution in [0.25, 0.3) is 27.8 Å². The predicted molar refractivity (Wildman–Crippen MR) is 113 cm³/mol. The Morgan fingerprint density at radius 2 is 2.00 bits per heavy atom. The molecule has 3 aromatic carbocycles. The smallest absolute Gasteiger partial charge is 0.217 e. The minimum atomic E-state index is -0.434. The highest BCUT2D eigenvalue weighted by Crippen LogP contribution is 2.28. The number of nitrogens with one attached hydrogen (secondary N) is 1. The van der Waals surface area contributed by atoms with E-state index >= 15 is 0 Å². The summed E-state index contributed by atoms with van der Waals surface area (Å²) in [4.78, 5) is 15.8. The summed E-state index contributed by atoms with van der Waals surface area (Å²) in [6, 6.07) is 19.8. The number of fused-ring (bicyclic) bond motifs is 1. The van der Waals surface area contributed by atoms with Gasteiger partial charge in [-0.1, -0.05) is 24.3 Å². The first-order valence-electron chi connectivity index (χ1n) is 9.51. The first kappa shape index (κ1) is 19.3. The fraction of sp³-hybridized carbons (Fsp3) is 0.125. The summed E-state index contributed by atoms with van der Waals surface area (Å²) >= 11 is 0. The fourth-order valence-electron chi connectivity index (χ4n) is 3.58. The second-order valence-corrected chi connectivity index (χ2v) is 7.14. The number of imidazole rings is 1. The summed E-state index contributed by atoms with van der Waals surface area (Å²) in [5.74, 6) is -0.515. The maximum atomic E-state index is 13.5. The average molecular weight is 398 g/mol. The molecule has 1 unspecified atom stereocenters. The van der Waals surface area contributed by atoms with Crippen molar-refractivity contribution in [2.45, 2.75) is 19.9 Å². The molecule has 1 aromatic heterocycles. The van der Waals surface area contributed by atoms with Gasteiger partial charge in [-0.2, -0.15) is 5.26 Å².